The summed E-state index contributed by atoms with van der Waals surface area (Å²) in [5.41, 5.74) is 4.69. The van der Waals surface area contributed by atoms with Crippen LogP contribution in [0.5, 0.6) is 0 Å². The van der Waals surface area contributed by atoms with Crippen LogP contribution in [0.3, 0.4) is 0 Å². The van der Waals surface area contributed by atoms with Gasteiger partial charge in [0.25, 0.3) is 0 Å². The molecule has 4 heteroatoms. The summed E-state index contributed by atoms with van der Waals surface area (Å²) >= 11 is 0. The molecule has 1 spiro atoms. The smallest absolute Gasteiger partial charge is 0.324 e. The van der Waals surface area contributed by atoms with E-state index in [0.29, 0.717) is 6.42 Å². The monoisotopic (exact) mass is 156 g/mol. The number of carboxylic acid groups (broad SMARTS) is 1. The molecular weight excluding hydrogens is 144 g/mol. The van der Waals surface area contributed by atoms with E-state index >= 15 is 0 Å². The van der Waals surface area contributed by atoms with E-state index in [4.69, 9.17) is 10.8 Å². The quantitative estimate of drug-likeness (QED) is 0.516. The van der Waals surface area contributed by atoms with Crippen molar-refractivity contribution in [2.24, 2.45) is 11.1 Å². The number of nitrogens with zero attached hydrogens (tertiary/aromatic N) is 1. The molecule has 2 aliphatic rings. The van der Waals surface area contributed by atoms with Gasteiger partial charge in [0.15, 0.2) is 0 Å². The highest BCUT2D eigenvalue weighted by Gasteiger charge is 2.74. The topological polar surface area (TPSA) is 66.6 Å². The lowest BCUT2D eigenvalue weighted by atomic mass is 9.91. The summed E-state index contributed by atoms with van der Waals surface area (Å²) in [4.78, 5) is 12.7. The predicted molar refractivity (Wildman–Crippen MR) is 39.1 cm³/mol. The number of carboxylic acids is 1. The van der Waals surface area contributed by atoms with E-state index in [9.17, 15) is 4.79 Å². The lowest BCUT2D eigenvalue weighted by Gasteiger charge is -2.38. The summed E-state index contributed by atoms with van der Waals surface area (Å²) in [6, 6.07) is 0. The SMILES string of the molecule is CN1CC2(C1)CC2(N)C(=O)O. The highest BCUT2D eigenvalue weighted by molar-refractivity contribution is 5.85. The average Bonchev–Trinajstić information content (AvgIpc) is 2.38. The maximum Gasteiger partial charge on any atom is 0.324 e. The van der Waals surface area contributed by atoms with Crippen molar-refractivity contribution in [3.05, 3.63) is 0 Å². The lowest BCUT2D eigenvalue weighted by Crippen LogP contribution is -2.55. The van der Waals surface area contributed by atoms with Crippen LogP contribution in [0.2, 0.25) is 0 Å². The van der Waals surface area contributed by atoms with Crippen molar-refractivity contribution in [2.45, 2.75) is 12.0 Å². The normalized spacial score (nSPS) is 40.2. The van der Waals surface area contributed by atoms with Crippen LogP contribution in [-0.2, 0) is 4.79 Å². The number of nitrogens with two attached hydrogens (primary N) is 1. The molecule has 1 atom stereocenters. The summed E-state index contributed by atoms with van der Waals surface area (Å²) < 4.78 is 0. The molecule has 3 N–H and O–H groups in total. The molecule has 0 amide bonds. The zero-order valence-corrected chi connectivity index (χ0v) is 6.50. The molecular formula is C7H12N2O2. The van der Waals surface area contributed by atoms with Crippen LogP contribution in [0.25, 0.3) is 0 Å². The molecule has 1 saturated carbocycles. The van der Waals surface area contributed by atoms with Gasteiger partial charge in [0.2, 0.25) is 0 Å². The first-order valence-electron chi connectivity index (χ1n) is 3.71. The fourth-order valence-corrected chi connectivity index (χ4v) is 2.17. The van der Waals surface area contributed by atoms with E-state index in [1.54, 1.807) is 0 Å². The summed E-state index contributed by atoms with van der Waals surface area (Å²) in [6.07, 6.45) is 0.652. The van der Waals surface area contributed by atoms with Gasteiger partial charge in [-0.05, 0) is 13.5 Å². The van der Waals surface area contributed by atoms with E-state index in [2.05, 4.69) is 4.90 Å². The van der Waals surface area contributed by atoms with Gasteiger partial charge in [-0.1, -0.05) is 0 Å². The number of carbonyl (C=O) groups is 1. The zero-order chi connectivity index (χ0) is 8.28. The van der Waals surface area contributed by atoms with E-state index in [0.717, 1.165) is 13.1 Å². The first kappa shape index (κ1) is 7.06. The van der Waals surface area contributed by atoms with Crippen molar-refractivity contribution in [1.29, 1.82) is 0 Å². The Morgan fingerprint density at radius 1 is 1.64 bits per heavy atom. The Kier molecular flexibility index (Phi) is 1.02. The average molecular weight is 156 g/mol. The van der Waals surface area contributed by atoms with Gasteiger partial charge in [-0.15, -0.1) is 0 Å². The van der Waals surface area contributed by atoms with Crippen LogP contribution in [-0.4, -0.2) is 41.7 Å². The fraction of sp³-hybridized carbons (Fsp3) is 0.857. The minimum absolute atomic E-state index is 0.0758. The van der Waals surface area contributed by atoms with Crippen LogP contribution in [0.4, 0.5) is 0 Å². The first-order chi connectivity index (χ1) is 5.00. The van der Waals surface area contributed by atoms with Gasteiger partial charge in [-0.25, -0.2) is 0 Å². The van der Waals surface area contributed by atoms with Gasteiger partial charge in [-0.3, -0.25) is 4.79 Å². The maximum atomic E-state index is 10.7. The van der Waals surface area contributed by atoms with Gasteiger partial charge >= 0.3 is 5.97 Å². The molecule has 11 heavy (non-hydrogen) atoms. The van der Waals surface area contributed by atoms with Crippen LogP contribution in [0.1, 0.15) is 6.42 Å². The minimum Gasteiger partial charge on any atom is -0.480 e. The van der Waals surface area contributed by atoms with E-state index in [1.807, 2.05) is 7.05 Å². The van der Waals surface area contributed by atoms with Crippen molar-refractivity contribution >= 4 is 5.97 Å². The predicted octanol–water partition coefficient (Wildman–Crippen LogP) is -0.896. The molecule has 0 aromatic heterocycles. The molecule has 2 fully saturated rings. The van der Waals surface area contributed by atoms with Crippen LogP contribution >= 0.6 is 0 Å². The molecule has 1 aliphatic carbocycles. The summed E-state index contributed by atoms with van der Waals surface area (Å²) in [6.45, 7) is 1.69. The van der Waals surface area contributed by atoms with Crippen molar-refractivity contribution in [1.82, 2.24) is 4.90 Å². The van der Waals surface area contributed by atoms with E-state index in [1.165, 1.54) is 0 Å². The second-order valence-corrected chi connectivity index (χ2v) is 3.91. The third-order valence-electron chi connectivity index (χ3n) is 2.97. The molecule has 62 valence electrons. The van der Waals surface area contributed by atoms with Gasteiger partial charge in [-0.2, -0.15) is 0 Å². The molecule has 1 heterocycles. The summed E-state index contributed by atoms with van der Waals surface area (Å²) in [5.74, 6) is -0.842. The molecule has 0 aromatic carbocycles. The van der Waals surface area contributed by atoms with Gasteiger partial charge in [0, 0.05) is 18.5 Å². The Morgan fingerprint density at radius 2 is 2.18 bits per heavy atom. The van der Waals surface area contributed by atoms with Gasteiger partial charge in [0.05, 0.1) is 0 Å². The highest BCUT2D eigenvalue weighted by atomic mass is 16.4. The van der Waals surface area contributed by atoms with Crippen LogP contribution < -0.4 is 5.73 Å². The maximum absolute atomic E-state index is 10.7. The minimum atomic E-state index is -0.903. The lowest BCUT2D eigenvalue weighted by molar-refractivity contribution is -0.141. The number of aliphatic carboxylic acids is 1. The number of hydrogen-bond donors (Lipinski definition) is 2. The molecule has 2 rings (SSSR count). The second kappa shape index (κ2) is 1.59. The molecule has 0 aromatic rings. The fourth-order valence-electron chi connectivity index (χ4n) is 2.17. The second-order valence-electron chi connectivity index (χ2n) is 3.91. The molecule has 0 bridgehead atoms. The zero-order valence-electron chi connectivity index (χ0n) is 6.50. The van der Waals surface area contributed by atoms with Crippen molar-refractivity contribution in [3.63, 3.8) is 0 Å². The third-order valence-corrected chi connectivity index (χ3v) is 2.97. The Balaban J connectivity index is 2.09. The van der Waals surface area contributed by atoms with E-state index < -0.39 is 11.5 Å². The van der Waals surface area contributed by atoms with Crippen molar-refractivity contribution in [3.8, 4) is 0 Å². The van der Waals surface area contributed by atoms with Gasteiger partial charge in [0.1, 0.15) is 5.54 Å². The summed E-state index contributed by atoms with van der Waals surface area (Å²) in [5, 5.41) is 8.76. The Morgan fingerprint density at radius 3 is 2.45 bits per heavy atom. The molecule has 1 saturated heterocycles. The van der Waals surface area contributed by atoms with Gasteiger partial charge < -0.3 is 15.7 Å². The van der Waals surface area contributed by atoms with Crippen molar-refractivity contribution in [2.75, 3.05) is 20.1 Å². The first-order valence-corrected chi connectivity index (χ1v) is 3.71. The largest absolute Gasteiger partial charge is 0.480 e. The number of likely N-dealkylation sites (tertiary alicyclic amines) is 1. The third kappa shape index (κ3) is 0.636. The Bertz CT molecular complexity index is 222. The number of rotatable bonds is 1. The highest BCUT2D eigenvalue weighted by Crippen LogP contribution is 2.59. The van der Waals surface area contributed by atoms with Crippen LogP contribution in [0.15, 0.2) is 0 Å². The molecule has 0 radical (unpaired) electrons. The van der Waals surface area contributed by atoms with E-state index in [-0.39, 0.29) is 5.41 Å². The Hall–Kier alpha value is -0.610. The van der Waals surface area contributed by atoms with Crippen LogP contribution in [0, 0.1) is 5.41 Å². The molecule has 4 nitrogen and oxygen atoms in total. The molecule has 1 aliphatic heterocycles. The Labute approximate surface area is 65.0 Å². The summed E-state index contributed by atoms with van der Waals surface area (Å²) in [7, 11) is 1.98. The van der Waals surface area contributed by atoms with Crippen molar-refractivity contribution < 1.29 is 9.90 Å². The number of hydrogen-bond acceptors (Lipinski definition) is 3. The standard InChI is InChI=1S/C7H12N2O2/c1-9-3-6(4-9)2-7(6,8)5(10)11/h2-4,8H2,1H3,(H,10,11). The molecule has 1 unspecified atom stereocenters.